The van der Waals surface area contributed by atoms with Crippen LogP contribution in [0.5, 0.6) is 0 Å². The first-order valence-electron chi connectivity index (χ1n) is 4.67. The van der Waals surface area contributed by atoms with E-state index < -0.39 is 0 Å². The quantitative estimate of drug-likeness (QED) is 0.731. The summed E-state index contributed by atoms with van der Waals surface area (Å²) in [5.74, 6) is 0. The second-order valence-electron chi connectivity index (χ2n) is 3.30. The molecule has 0 aromatic rings. The second-order valence-corrected chi connectivity index (χ2v) is 5.04. The van der Waals surface area contributed by atoms with E-state index in [-0.39, 0.29) is 0 Å². The number of aliphatic hydroxyl groups is 1. The van der Waals surface area contributed by atoms with Gasteiger partial charge in [-0.2, -0.15) is 11.8 Å². The lowest BCUT2D eigenvalue weighted by atomic mass is 10.2. The molecule has 3 heteroatoms. The van der Waals surface area contributed by atoms with Crippen molar-refractivity contribution >= 4 is 11.8 Å². The van der Waals surface area contributed by atoms with Gasteiger partial charge in [0.1, 0.15) is 0 Å². The molecule has 0 amide bonds. The van der Waals surface area contributed by atoms with Gasteiger partial charge in [-0.3, -0.25) is 0 Å². The van der Waals surface area contributed by atoms with Crippen LogP contribution in [0.1, 0.15) is 26.2 Å². The highest BCUT2D eigenvalue weighted by Gasteiger charge is 2.16. The number of hydrogen-bond acceptors (Lipinski definition) is 3. The third-order valence-corrected chi connectivity index (χ3v) is 3.54. The molecule has 2 unspecified atom stereocenters. The fourth-order valence-electron chi connectivity index (χ4n) is 1.40. The van der Waals surface area contributed by atoms with Crippen molar-refractivity contribution in [2.45, 2.75) is 36.7 Å². The zero-order chi connectivity index (χ0) is 8.81. The average Bonchev–Trinajstić information content (AvgIpc) is 2.06. The van der Waals surface area contributed by atoms with Gasteiger partial charge in [-0.05, 0) is 19.3 Å². The molecule has 0 aliphatic carbocycles. The Kier molecular flexibility index (Phi) is 5.04. The summed E-state index contributed by atoms with van der Waals surface area (Å²) in [6.07, 6.45) is 3.38. The summed E-state index contributed by atoms with van der Waals surface area (Å²) in [6.45, 7) is 4.32. The Hall–Kier alpha value is 0.270. The van der Waals surface area contributed by atoms with Crippen LogP contribution < -0.4 is 0 Å². The molecule has 12 heavy (non-hydrogen) atoms. The first-order valence-corrected chi connectivity index (χ1v) is 5.61. The minimum absolute atomic E-state index is 0.307. The van der Waals surface area contributed by atoms with Crippen LogP contribution in [0.2, 0.25) is 0 Å². The molecule has 1 fully saturated rings. The molecule has 1 aliphatic heterocycles. The Morgan fingerprint density at radius 2 is 2.50 bits per heavy atom. The van der Waals surface area contributed by atoms with Crippen LogP contribution in [-0.2, 0) is 4.74 Å². The van der Waals surface area contributed by atoms with Crippen LogP contribution in [0.4, 0.5) is 0 Å². The van der Waals surface area contributed by atoms with Gasteiger partial charge in [0.25, 0.3) is 0 Å². The molecule has 1 rings (SSSR count). The van der Waals surface area contributed by atoms with Crippen molar-refractivity contribution in [2.24, 2.45) is 0 Å². The van der Waals surface area contributed by atoms with Gasteiger partial charge in [-0.25, -0.2) is 0 Å². The highest BCUT2D eigenvalue weighted by atomic mass is 32.2. The Bertz CT molecular complexity index is 113. The Morgan fingerprint density at radius 3 is 3.08 bits per heavy atom. The van der Waals surface area contributed by atoms with Crippen molar-refractivity contribution in [3.8, 4) is 0 Å². The smallest absolute Gasteiger partial charge is 0.0585 e. The number of aliphatic hydroxyl groups excluding tert-OH is 1. The zero-order valence-electron chi connectivity index (χ0n) is 7.66. The highest BCUT2D eigenvalue weighted by molar-refractivity contribution is 8.00. The Balaban J connectivity index is 2.11. The van der Waals surface area contributed by atoms with Crippen LogP contribution in [0, 0.1) is 0 Å². The molecule has 2 nitrogen and oxygen atoms in total. The van der Waals surface area contributed by atoms with E-state index in [1.807, 2.05) is 11.8 Å². The lowest BCUT2D eigenvalue weighted by Crippen LogP contribution is -2.21. The highest BCUT2D eigenvalue weighted by Crippen LogP contribution is 2.26. The van der Waals surface area contributed by atoms with E-state index in [9.17, 15) is 0 Å². The maximum Gasteiger partial charge on any atom is 0.0585 e. The molecule has 2 atom stereocenters. The second kappa shape index (κ2) is 5.84. The molecule has 0 bridgehead atoms. The normalized spacial score (nSPS) is 27.0. The maximum absolute atomic E-state index is 8.72. The summed E-state index contributed by atoms with van der Waals surface area (Å²) in [7, 11) is 0. The molecular weight excluding hydrogens is 172 g/mol. The van der Waals surface area contributed by atoms with E-state index in [4.69, 9.17) is 9.84 Å². The standard InChI is InChI=1S/C9H18O2S/c1-8(4-5-10)12-9-3-2-6-11-7-9/h8-10H,2-7H2,1H3. The molecule has 0 aromatic carbocycles. The van der Waals surface area contributed by atoms with E-state index in [1.165, 1.54) is 12.8 Å². The molecule has 0 aromatic heterocycles. The molecule has 1 saturated heterocycles. The minimum Gasteiger partial charge on any atom is -0.396 e. The van der Waals surface area contributed by atoms with Crippen LogP contribution in [-0.4, -0.2) is 35.4 Å². The van der Waals surface area contributed by atoms with Gasteiger partial charge >= 0.3 is 0 Å². The van der Waals surface area contributed by atoms with Crippen LogP contribution in [0.3, 0.4) is 0 Å². The fourth-order valence-corrected chi connectivity index (χ4v) is 2.77. The number of rotatable bonds is 4. The molecule has 0 radical (unpaired) electrons. The zero-order valence-corrected chi connectivity index (χ0v) is 8.48. The minimum atomic E-state index is 0.307. The molecule has 1 N–H and O–H groups in total. The predicted octanol–water partition coefficient (Wildman–Crippen LogP) is 1.67. The lowest BCUT2D eigenvalue weighted by molar-refractivity contribution is 0.101. The van der Waals surface area contributed by atoms with E-state index in [0.717, 1.165) is 19.6 Å². The van der Waals surface area contributed by atoms with Gasteiger partial charge in [-0.15, -0.1) is 0 Å². The van der Waals surface area contributed by atoms with Gasteiger partial charge in [0.2, 0.25) is 0 Å². The van der Waals surface area contributed by atoms with Gasteiger partial charge in [-0.1, -0.05) is 6.92 Å². The first kappa shape index (κ1) is 10.4. The number of thioether (sulfide) groups is 1. The van der Waals surface area contributed by atoms with Gasteiger partial charge < -0.3 is 9.84 Å². The summed E-state index contributed by atoms with van der Waals surface area (Å²) < 4.78 is 5.38. The van der Waals surface area contributed by atoms with Gasteiger partial charge in [0.05, 0.1) is 6.61 Å². The molecule has 1 heterocycles. The fraction of sp³-hybridized carbons (Fsp3) is 1.00. The summed E-state index contributed by atoms with van der Waals surface area (Å²) in [5.41, 5.74) is 0. The average molecular weight is 190 g/mol. The molecule has 0 saturated carbocycles. The lowest BCUT2D eigenvalue weighted by Gasteiger charge is -2.24. The molecule has 72 valence electrons. The van der Waals surface area contributed by atoms with Crippen molar-refractivity contribution in [2.75, 3.05) is 19.8 Å². The predicted molar refractivity (Wildman–Crippen MR) is 52.6 cm³/mol. The van der Waals surface area contributed by atoms with E-state index in [1.54, 1.807) is 0 Å². The van der Waals surface area contributed by atoms with Crippen molar-refractivity contribution in [1.82, 2.24) is 0 Å². The van der Waals surface area contributed by atoms with E-state index in [2.05, 4.69) is 6.92 Å². The largest absolute Gasteiger partial charge is 0.396 e. The van der Waals surface area contributed by atoms with Crippen molar-refractivity contribution in [3.05, 3.63) is 0 Å². The third kappa shape index (κ3) is 3.78. The molecular formula is C9H18O2S. The Labute approximate surface area is 78.7 Å². The monoisotopic (exact) mass is 190 g/mol. The molecule has 0 spiro atoms. The Morgan fingerprint density at radius 1 is 1.67 bits per heavy atom. The summed E-state index contributed by atoms with van der Waals surface area (Å²) in [5, 5.41) is 9.96. The molecule has 1 aliphatic rings. The van der Waals surface area contributed by atoms with Crippen molar-refractivity contribution in [3.63, 3.8) is 0 Å². The third-order valence-electron chi connectivity index (χ3n) is 2.08. The van der Waals surface area contributed by atoms with Crippen LogP contribution >= 0.6 is 11.8 Å². The van der Waals surface area contributed by atoms with Crippen molar-refractivity contribution in [1.29, 1.82) is 0 Å². The van der Waals surface area contributed by atoms with Crippen molar-refractivity contribution < 1.29 is 9.84 Å². The number of hydrogen-bond donors (Lipinski definition) is 1. The first-order chi connectivity index (χ1) is 5.83. The van der Waals surface area contributed by atoms with E-state index >= 15 is 0 Å². The summed E-state index contributed by atoms with van der Waals surface area (Å²) in [6, 6.07) is 0. The summed E-state index contributed by atoms with van der Waals surface area (Å²) >= 11 is 1.96. The van der Waals surface area contributed by atoms with Gasteiger partial charge in [0, 0.05) is 23.7 Å². The maximum atomic E-state index is 8.72. The summed E-state index contributed by atoms with van der Waals surface area (Å²) in [4.78, 5) is 0. The topological polar surface area (TPSA) is 29.5 Å². The van der Waals surface area contributed by atoms with Gasteiger partial charge in [0.15, 0.2) is 0 Å². The van der Waals surface area contributed by atoms with Crippen LogP contribution in [0.25, 0.3) is 0 Å². The van der Waals surface area contributed by atoms with E-state index in [0.29, 0.717) is 17.1 Å². The van der Waals surface area contributed by atoms with Crippen LogP contribution in [0.15, 0.2) is 0 Å². The SMILES string of the molecule is CC(CCO)SC1CCCOC1. The number of ether oxygens (including phenoxy) is 1.